The quantitative estimate of drug-likeness (QED) is 0.839. The zero-order valence-electron chi connectivity index (χ0n) is 13.2. The summed E-state index contributed by atoms with van der Waals surface area (Å²) >= 11 is 1.61. The number of thiazole rings is 1. The number of aromatic nitrogens is 1. The molecule has 126 valence electrons. The molecular formula is C16H22FN3O2S. The predicted molar refractivity (Wildman–Crippen MR) is 86.8 cm³/mol. The van der Waals surface area contributed by atoms with E-state index < -0.39 is 6.17 Å². The SMILES string of the molecule is CN(Cc1ccc(CO)o1)C[C@@H]1C[C@H](F)CN1Cc1nccs1. The predicted octanol–water partition coefficient (Wildman–Crippen LogP) is 2.27. The van der Waals surface area contributed by atoms with E-state index >= 15 is 0 Å². The highest BCUT2D eigenvalue weighted by molar-refractivity contribution is 7.09. The number of aliphatic hydroxyl groups is 1. The van der Waals surface area contributed by atoms with Gasteiger partial charge in [-0.05, 0) is 25.6 Å². The van der Waals surface area contributed by atoms with E-state index in [4.69, 9.17) is 9.52 Å². The van der Waals surface area contributed by atoms with Crippen molar-refractivity contribution in [2.24, 2.45) is 0 Å². The van der Waals surface area contributed by atoms with E-state index in [1.54, 1.807) is 23.6 Å². The summed E-state index contributed by atoms with van der Waals surface area (Å²) in [5.74, 6) is 1.39. The monoisotopic (exact) mass is 339 g/mol. The number of likely N-dealkylation sites (tertiary alicyclic amines) is 1. The van der Waals surface area contributed by atoms with Crippen LogP contribution in [0.1, 0.15) is 22.9 Å². The second kappa shape index (κ2) is 7.53. The highest BCUT2D eigenvalue weighted by Crippen LogP contribution is 2.24. The molecule has 0 spiro atoms. The molecule has 0 saturated carbocycles. The average Bonchev–Trinajstić information content (AvgIpc) is 3.22. The lowest BCUT2D eigenvalue weighted by Crippen LogP contribution is -2.38. The number of rotatable bonds is 7. The molecule has 0 bridgehead atoms. The maximum atomic E-state index is 13.9. The van der Waals surface area contributed by atoms with Crippen molar-refractivity contribution in [3.8, 4) is 0 Å². The van der Waals surface area contributed by atoms with Crippen LogP contribution in [0.25, 0.3) is 0 Å². The zero-order valence-corrected chi connectivity index (χ0v) is 14.0. The Morgan fingerprint density at radius 1 is 1.48 bits per heavy atom. The Bertz CT molecular complexity index is 604. The summed E-state index contributed by atoms with van der Waals surface area (Å²) < 4.78 is 19.4. The van der Waals surface area contributed by atoms with Crippen molar-refractivity contribution in [2.75, 3.05) is 20.1 Å². The Labute approximate surface area is 139 Å². The zero-order chi connectivity index (χ0) is 16.2. The molecule has 0 amide bonds. The summed E-state index contributed by atoms with van der Waals surface area (Å²) in [6.07, 6.45) is 1.59. The van der Waals surface area contributed by atoms with Gasteiger partial charge in [-0.3, -0.25) is 9.80 Å². The number of halogens is 1. The van der Waals surface area contributed by atoms with E-state index in [0.717, 1.165) is 17.3 Å². The van der Waals surface area contributed by atoms with Gasteiger partial charge in [0.15, 0.2) is 0 Å². The Kier molecular flexibility index (Phi) is 5.42. The number of furan rings is 1. The van der Waals surface area contributed by atoms with Crippen LogP contribution in [-0.2, 0) is 19.7 Å². The standard InChI is InChI=1S/C16H22FN3O2S/c1-19(9-14-2-3-15(11-21)22-14)8-13-6-12(17)7-20(13)10-16-18-4-5-23-16/h2-5,12-13,21H,6-11H2,1H3/t12-,13-/m0/s1. The van der Waals surface area contributed by atoms with Crippen LogP contribution in [0.15, 0.2) is 28.1 Å². The maximum absolute atomic E-state index is 13.9. The summed E-state index contributed by atoms with van der Waals surface area (Å²) in [4.78, 5) is 8.62. The van der Waals surface area contributed by atoms with Crippen LogP contribution in [-0.4, -0.2) is 52.2 Å². The molecule has 1 aliphatic heterocycles. The topological polar surface area (TPSA) is 52.7 Å². The molecule has 2 aromatic heterocycles. The highest BCUT2D eigenvalue weighted by Gasteiger charge is 2.33. The number of nitrogens with zero attached hydrogens (tertiary/aromatic N) is 3. The fourth-order valence-electron chi connectivity index (χ4n) is 3.09. The summed E-state index contributed by atoms with van der Waals surface area (Å²) in [6, 6.07) is 3.85. The van der Waals surface area contributed by atoms with Crippen LogP contribution >= 0.6 is 11.3 Å². The Hall–Kier alpha value is -1.28. The van der Waals surface area contributed by atoms with Crippen LogP contribution < -0.4 is 0 Å². The van der Waals surface area contributed by atoms with Gasteiger partial charge in [-0.25, -0.2) is 9.37 Å². The van der Waals surface area contributed by atoms with Gasteiger partial charge in [-0.15, -0.1) is 11.3 Å². The average molecular weight is 339 g/mol. The molecule has 5 nitrogen and oxygen atoms in total. The molecule has 0 radical (unpaired) electrons. The van der Waals surface area contributed by atoms with Crippen molar-refractivity contribution in [2.45, 2.75) is 38.3 Å². The van der Waals surface area contributed by atoms with E-state index in [1.165, 1.54) is 0 Å². The van der Waals surface area contributed by atoms with Crippen molar-refractivity contribution in [1.82, 2.24) is 14.8 Å². The van der Waals surface area contributed by atoms with Gasteiger partial charge < -0.3 is 9.52 Å². The van der Waals surface area contributed by atoms with E-state index in [2.05, 4.69) is 14.8 Å². The number of aliphatic hydroxyl groups excluding tert-OH is 1. The largest absolute Gasteiger partial charge is 0.462 e. The van der Waals surface area contributed by atoms with Gasteiger partial charge >= 0.3 is 0 Å². The molecule has 0 unspecified atom stereocenters. The van der Waals surface area contributed by atoms with Gasteiger partial charge in [0.2, 0.25) is 0 Å². The first kappa shape index (κ1) is 16.6. The third-order valence-electron chi connectivity index (χ3n) is 4.12. The molecule has 3 rings (SSSR count). The number of likely N-dealkylation sites (N-methyl/N-ethyl adjacent to an activating group) is 1. The molecule has 23 heavy (non-hydrogen) atoms. The third kappa shape index (κ3) is 4.38. The van der Waals surface area contributed by atoms with E-state index in [-0.39, 0.29) is 12.6 Å². The van der Waals surface area contributed by atoms with Crippen LogP contribution in [0.4, 0.5) is 4.39 Å². The molecule has 7 heteroatoms. The molecule has 1 fully saturated rings. The van der Waals surface area contributed by atoms with Gasteiger partial charge in [0.05, 0.1) is 13.1 Å². The first-order chi connectivity index (χ1) is 11.1. The lowest BCUT2D eigenvalue weighted by molar-refractivity contribution is 0.172. The summed E-state index contributed by atoms with van der Waals surface area (Å²) in [5, 5.41) is 12.0. The Morgan fingerprint density at radius 2 is 2.30 bits per heavy atom. The normalized spacial score (nSPS) is 22.3. The minimum atomic E-state index is -0.766. The number of hydrogen-bond acceptors (Lipinski definition) is 6. The lowest BCUT2D eigenvalue weighted by Gasteiger charge is -2.27. The molecule has 2 aromatic rings. The molecule has 0 aliphatic carbocycles. The van der Waals surface area contributed by atoms with Gasteiger partial charge in [-0.2, -0.15) is 0 Å². The van der Waals surface area contributed by atoms with Crippen molar-refractivity contribution < 1.29 is 13.9 Å². The van der Waals surface area contributed by atoms with Gasteiger partial charge in [0.1, 0.15) is 29.3 Å². The number of alkyl halides is 1. The molecule has 1 N–H and O–H groups in total. The highest BCUT2D eigenvalue weighted by atomic mass is 32.1. The molecular weight excluding hydrogens is 317 g/mol. The van der Waals surface area contributed by atoms with Crippen LogP contribution in [0.3, 0.4) is 0 Å². The van der Waals surface area contributed by atoms with Crippen molar-refractivity contribution in [1.29, 1.82) is 0 Å². The maximum Gasteiger partial charge on any atom is 0.129 e. The molecule has 1 aliphatic rings. The van der Waals surface area contributed by atoms with Crippen molar-refractivity contribution in [3.63, 3.8) is 0 Å². The molecule has 1 saturated heterocycles. The summed E-state index contributed by atoms with van der Waals surface area (Å²) in [6.45, 7) is 2.54. The van der Waals surface area contributed by atoms with E-state index in [1.807, 2.05) is 18.5 Å². The third-order valence-corrected chi connectivity index (χ3v) is 4.88. The fraction of sp³-hybridized carbons (Fsp3) is 0.562. The van der Waals surface area contributed by atoms with Crippen LogP contribution in [0.2, 0.25) is 0 Å². The number of hydrogen-bond donors (Lipinski definition) is 1. The Balaban J connectivity index is 1.56. The second-order valence-corrected chi connectivity index (χ2v) is 7.04. The molecule has 0 aromatic carbocycles. The van der Waals surface area contributed by atoms with Crippen molar-refractivity contribution >= 4 is 11.3 Å². The summed E-state index contributed by atoms with van der Waals surface area (Å²) in [7, 11) is 2.01. The van der Waals surface area contributed by atoms with Gasteiger partial charge in [0.25, 0.3) is 0 Å². The minimum absolute atomic E-state index is 0.0859. The molecule has 2 atom stereocenters. The minimum Gasteiger partial charge on any atom is -0.462 e. The van der Waals surface area contributed by atoms with Crippen LogP contribution in [0, 0.1) is 0 Å². The smallest absolute Gasteiger partial charge is 0.129 e. The van der Waals surface area contributed by atoms with Gasteiger partial charge in [0, 0.05) is 30.7 Å². The van der Waals surface area contributed by atoms with Crippen molar-refractivity contribution in [3.05, 3.63) is 40.2 Å². The Morgan fingerprint density at radius 3 is 3.00 bits per heavy atom. The van der Waals surface area contributed by atoms with E-state index in [9.17, 15) is 4.39 Å². The van der Waals surface area contributed by atoms with Gasteiger partial charge in [-0.1, -0.05) is 0 Å². The lowest BCUT2D eigenvalue weighted by atomic mass is 10.2. The first-order valence-electron chi connectivity index (χ1n) is 7.77. The first-order valence-corrected chi connectivity index (χ1v) is 8.65. The fourth-order valence-corrected chi connectivity index (χ4v) is 3.73. The molecule has 3 heterocycles. The van der Waals surface area contributed by atoms with Crippen LogP contribution in [0.5, 0.6) is 0 Å². The summed E-state index contributed by atoms with van der Waals surface area (Å²) in [5.41, 5.74) is 0. The van der Waals surface area contributed by atoms with E-state index in [0.29, 0.717) is 31.8 Å². The second-order valence-electron chi connectivity index (χ2n) is 6.06.